The van der Waals surface area contributed by atoms with Gasteiger partial charge in [-0.05, 0) is 75.2 Å². The van der Waals surface area contributed by atoms with E-state index in [1.165, 1.54) is 35.2 Å². The van der Waals surface area contributed by atoms with Crippen LogP contribution in [0.3, 0.4) is 0 Å². The van der Waals surface area contributed by atoms with Crippen LogP contribution in [0, 0.1) is 0 Å². The highest BCUT2D eigenvalue weighted by Crippen LogP contribution is 2.31. The van der Waals surface area contributed by atoms with Crippen molar-refractivity contribution in [2.45, 2.75) is 57.1 Å². The fourth-order valence-electron chi connectivity index (χ4n) is 4.05. The van der Waals surface area contributed by atoms with Gasteiger partial charge in [-0.2, -0.15) is 0 Å². The van der Waals surface area contributed by atoms with Gasteiger partial charge < -0.3 is 10.2 Å². The zero-order chi connectivity index (χ0) is 29.7. The van der Waals surface area contributed by atoms with Gasteiger partial charge >= 0.3 is 0 Å². The van der Waals surface area contributed by atoms with Gasteiger partial charge in [0, 0.05) is 17.1 Å². The quantitative estimate of drug-likeness (QED) is 0.277. The number of hydrogen-bond acceptors (Lipinski definition) is 4. The third-order valence-electron chi connectivity index (χ3n) is 5.95. The molecule has 0 aliphatic carbocycles. The third kappa shape index (κ3) is 8.13. The summed E-state index contributed by atoms with van der Waals surface area (Å²) in [5.74, 6) is -0.916. The second kappa shape index (κ2) is 13.3. The van der Waals surface area contributed by atoms with Crippen LogP contribution >= 0.6 is 34.8 Å². The predicted molar refractivity (Wildman–Crippen MR) is 161 cm³/mol. The summed E-state index contributed by atoms with van der Waals surface area (Å²) in [5.41, 5.74) is 0.347. The fourth-order valence-corrected chi connectivity index (χ4v) is 5.89. The first-order chi connectivity index (χ1) is 18.7. The Morgan fingerprint density at radius 2 is 1.52 bits per heavy atom. The Kier molecular flexibility index (Phi) is 10.5. The van der Waals surface area contributed by atoms with E-state index in [4.69, 9.17) is 34.8 Å². The number of carbonyl (C=O) groups excluding carboxylic acids is 2. The molecule has 0 aliphatic heterocycles. The molecule has 3 aromatic carbocycles. The molecule has 3 rings (SSSR count). The van der Waals surface area contributed by atoms with Gasteiger partial charge in [0.05, 0.1) is 20.6 Å². The summed E-state index contributed by atoms with van der Waals surface area (Å²) >= 11 is 18.4. The van der Waals surface area contributed by atoms with Crippen molar-refractivity contribution in [2.75, 3.05) is 10.8 Å². The van der Waals surface area contributed by atoms with E-state index < -0.39 is 34.1 Å². The molecule has 1 N–H and O–H groups in total. The lowest BCUT2D eigenvalue weighted by atomic mass is 10.1. The van der Waals surface area contributed by atoms with Crippen LogP contribution in [0.2, 0.25) is 15.1 Å². The van der Waals surface area contributed by atoms with Crippen molar-refractivity contribution < 1.29 is 18.0 Å². The number of hydrogen-bond donors (Lipinski definition) is 1. The van der Waals surface area contributed by atoms with Crippen LogP contribution in [0.1, 0.15) is 39.7 Å². The maximum absolute atomic E-state index is 14.1. The van der Waals surface area contributed by atoms with E-state index in [9.17, 15) is 18.0 Å². The van der Waals surface area contributed by atoms with E-state index in [0.29, 0.717) is 11.4 Å². The first-order valence-electron chi connectivity index (χ1n) is 12.6. The molecule has 0 spiro atoms. The molecule has 0 aromatic heterocycles. The SMILES string of the molecule is CCC(C(=O)NC(C)(C)C)N(Cc1ccc(Cl)cc1)C(=O)CN(c1ccc(Cl)c(Cl)c1)S(=O)(=O)c1ccccc1. The number of benzene rings is 3. The molecule has 0 heterocycles. The van der Waals surface area contributed by atoms with Gasteiger partial charge in [-0.3, -0.25) is 13.9 Å². The van der Waals surface area contributed by atoms with Crippen molar-refractivity contribution in [1.29, 1.82) is 0 Å². The number of halogens is 3. The van der Waals surface area contributed by atoms with Crippen molar-refractivity contribution >= 4 is 62.3 Å². The monoisotopic (exact) mass is 623 g/mol. The van der Waals surface area contributed by atoms with Crippen molar-refractivity contribution in [1.82, 2.24) is 10.2 Å². The number of amides is 2. The summed E-state index contributed by atoms with van der Waals surface area (Å²) in [7, 11) is -4.21. The van der Waals surface area contributed by atoms with Crippen LogP contribution in [-0.2, 0) is 26.2 Å². The number of carbonyl (C=O) groups is 2. The molecule has 0 bridgehead atoms. The van der Waals surface area contributed by atoms with Crippen LogP contribution < -0.4 is 9.62 Å². The second-order valence-corrected chi connectivity index (χ2v) is 13.3. The third-order valence-corrected chi connectivity index (χ3v) is 8.73. The van der Waals surface area contributed by atoms with Crippen LogP contribution in [0.4, 0.5) is 5.69 Å². The molecule has 1 unspecified atom stereocenters. The Balaban J connectivity index is 2.08. The summed E-state index contributed by atoms with van der Waals surface area (Å²) in [6.07, 6.45) is 0.305. The summed E-state index contributed by atoms with van der Waals surface area (Å²) in [6, 6.07) is 18.2. The summed E-state index contributed by atoms with van der Waals surface area (Å²) in [6.45, 7) is 6.82. The van der Waals surface area contributed by atoms with Gasteiger partial charge in [0.1, 0.15) is 12.6 Å². The molecule has 11 heteroatoms. The van der Waals surface area contributed by atoms with Crippen molar-refractivity contribution in [2.24, 2.45) is 0 Å². The molecule has 214 valence electrons. The maximum atomic E-state index is 14.1. The summed E-state index contributed by atoms with van der Waals surface area (Å²) in [5, 5.41) is 3.84. The minimum atomic E-state index is -4.21. The van der Waals surface area contributed by atoms with Crippen LogP contribution in [0.25, 0.3) is 0 Å². The zero-order valence-electron chi connectivity index (χ0n) is 22.7. The molecule has 0 fully saturated rings. The van der Waals surface area contributed by atoms with Crippen LogP contribution in [0.15, 0.2) is 77.7 Å². The topological polar surface area (TPSA) is 86.8 Å². The van der Waals surface area contributed by atoms with Crippen molar-refractivity contribution in [3.63, 3.8) is 0 Å². The van der Waals surface area contributed by atoms with E-state index in [0.717, 1.165) is 9.87 Å². The average Bonchev–Trinajstić information content (AvgIpc) is 2.89. The zero-order valence-corrected chi connectivity index (χ0v) is 25.8. The molecule has 2 amide bonds. The van der Waals surface area contributed by atoms with E-state index in [-0.39, 0.29) is 33.1 Å². The fraction of sp³-hybridized carbons (Fsp3) is 0.310. The standard InChI is InChI=1S/C29H32Cl3N3O4S/c1-5-26(28(37)33-29(2,3)4)34(18-20-11-13-21(30)14-12-20)27(36)19-35(22-15-16-24(31)25(32)17-22)40(38,39)23-9-7-6-8-10-23/h6-17,26H,5,18-19H2,1-4H3,(H,33,37). The van der Waals surface area contributed by atoms with Crippen molar-refractivity contribution in [3.05, 3.63) is 93.4 Å². The molecule has 1 atom stereocenters. The van der Waals surface area contributed by atoms with E-state index >= 15 is 0 Å². The molecular weight excluding hydrogens is 593 g/mol. The Morgan fingerprint density at radius 3 is 2.08 bits per heavy atom. The van der Waals surface area contributed by atoms with Crippen LogP contribution in [0.5, 0.6) is 0 Å². The second-order valence-electron chi connectivity index (χ2n) is 10.2. The first-order valence-corrected chi connectivity index (χ1v) is 15.2. The molecule has 3 aromatic rings. The smallest absolute Gasteiger partial charge is 0.264 e. The minimum absolute atomic E-state index is 0.00404. The number of sulfonamides is 1. The summed E-state index contributed by atoms with van der Waals surface area (Å²) < 4.78 is 28.6. The lowest BCUT2D eigenvalue weighted by Gasteiger charge is -2.34. The molecule has 40 heavy (non-hydrogen) atoms. The highest BCUT2D eigenvalue weighted by molar-refractivity contribution is 7.92. The Hall–Kier alpha value is -2.78. The molecule has 0 saturated carbocycles. The van der Waals surface area contributed by atoms with Gasteiger partial charge in [-0.25, -0.2) is 8.42 Å². The van der Waals surface area contributed by atoms with Gasteiger partial charge in [-0.1, -0.05) is 72.1 Å². The Labute approximate surface area is 251 Å². The van der Waals surface area contributed by atoms with Gasteiger partial charge in [0.15, 0.2) is 0 Å². The highest BCUT2D eigenvalue weighted by atomic mass is 35.5. The largest absolute Gasteiger partial charge is 0.350 e. The van der Waals surface area contributed by atoms with Gasteiger partial charge in [0.25, 0.3) is 10.0 Å². The van der Waals surface area contributed by atoms with Gasteiger partial charge in [0.2, 0.25) is 11.8 Å². The van der Waals surface area contributed by atoms with E-state index in [1.807, 2.05) is 20.8 Å². The number of anilines is 1. The first kappa shape index (κ1) is 31.7. The Morgan fingerprint density at radius 1 is 0.900 bits per heavy atom. The van der Waals surface area contributed by atoms with E-state index in [2.05, 4.69) is 5.32 Å². The predicted octanol–water partition coefficient (Wildman–Crippen LogP) is 6.56. The molecule has 0 radical (unpaired) electrons. The average molecular weight is 625 g/mol. The number of rotatable bonds is 10. The van der Waals surface area contributed by atoms with Crippen molar-refractivity contribution in [3.8, 4) is 0 Å². The molecular formula is C29H32Cl3N3O4S. The maximum Gasteiger partial charge on any atom is 0.264 e. The number of nitrogens with one attached hydrogen (secondary N) is 1. The normalized spacial score (nSPS) is 12.5. The number of nitrogens with zero attached hydrogens (tertiary/aromatic N) is 2. The van der Waals surface area contributed by atoms with E-state index in [1.54, 1.807) is 49.4 Å². The van der Waals surface area contributed by atoms with Crippen LogP contribution in [-0.4, -0.2) is 43.3 Å². The lowest BCUT2D eigenvalue weighted by molar-refractivity contribution is -0.141. The lowest BCUT2D eigenvalue weighted by Crippen LogP contribution is -2.55. The molecule has 7 nitrogen and oxygen atoms in total. The Bertz CT molecular complexity index is 1440. The summed E-state index contributed by atoms with van der Waals surface area (Å²) in [4.78, 5) is 28.8. The molecule has 0 aliphatic rings. The molecule has 0 saturated heterocycles. The highest BCUT2D eigenvalue weighted by Gasteiger charge is 2.34. The minimum Gasteiger partial charge on any atom is -0.350 e. The van der Waals surface area contributed by atoms with Gasteiger partial charge in [-0.15, -0.1) is 0 Å².